The number of urea groups is 1. The molecule has 6 nitrogen and oxygen atoms in total. The Bertz CT molecular complexity index is 1090. The fraction of sp³-hybridized carbons (Fsp3) is 0.379. The van der Waals surface area contributed by atoms with Crippen LogP contribution in [0, 0.1) is 18.3 Å². The number of allylic oxidation sites excluding steroid dienone is 1. The first kappa shape index (κ1) is 25.9. The van der Waals surface area contributed by atoms with Crippen LogP contribution in [0.5, 0.6) is 0 Å². The highest BCUT2D eigenvalue weighted by molar-refractivity contribution is 5.90. The number of carbonyl (C=O) groups excluding carboxylic acids is 1. The fourth-order valence-corrected chi connectivity index (χ4v) is 4.27. The molecule has 2 aromatic carbocycles. The molecular weight excluding hydrogens is 434 g/mol. The molecule has 6 heteroatoms. The van der Waals surface area contributed by atoms with E-state index in [0.717, 1.165) is 60.6 Å². The number of nitriles is 1. The number of carbonyl (C=O) groups is 1. The van der Waals surface area contributed by atoms with Crippen molar-refractivity contribution in [3.63, 3.8) is 0 Å². The van der Waals surface area contributed by atoms with Gasteiger partial charge in [-0.1, -0.05) is 44.3 Å². The van der Waals surface area contributed by atoms with Crippen LogP contribution in [-0.4, -0.2) is 49.1 Å². The molecule has 2 aromatic rings. The van der Waals surface area contributed by atoms with E-state index in [1.807, 2.05) is 38.1 Å². The van der Waals surface area contributed by atoms with E-state index >= 15 is 0 Å². The predicted molar refractivity (Wildman–Crippen MR) is 144 cm³/mol. The Balaban J connectivity index is 1.57. The van der Waals surface area contributed by atoms with Crippen LogP contribution < -0.4 is 10.6 Å². The van der Waals surface area contributed by atoms with Crippen molar-refractivity contribution in [1.29, 1.82) is 5.26 Å². The first-order valence-corrected chi connectivity index (χ1v) is 12.3. The number of nitrogens with zero attached hydrogens (tertiary/aromatic N) is 3. The van der Waals surface area contributed by atoms with Crippen molar-refractivity contribution < 1.29 is 4.79 Å². The van der Waals surface area contributed by atoms with Crippen molar-refractivity contribution in [2.75, 3.05) is 38.5 Å². The Morgan fingerprint density at radius 1 is 1.17 bits per heavy atom. The van der Waals surface area contributed by atoms with Crippen LogP contribution in [-0.2, 0) is 0 Å². The van der Waals surface area contributed by atoms with Gasteiger partial charge < -0.3 is 20.4 Å². The van der Waals surface area contributed by atoms with Crippen LogP contribution in [0.4, 0.5) is 10.5 Å². The van der Waals surface area contributed by atoms with Gasteiger partial charge >= 0.3 is 6.03 Å². The largest absolute Gasteiger partial charge is 0.387 e. The molecule has 2 N–H and O–H groups in total. The van der Waals surface area contributed by atoms with E-state index < -0.39 is 0 Å². The van der Waals surface area contributed by atoms with E-state index in [-0.39, 0.29) is 6.03 Å². The summed E-state index contributed by atoms with van der Waals surface area (Å²) >= 11 is 0. The molecule has 1 aliphatic heterocycles. The monoisotopic (exact) mass is 471 g/mol. The molecule has 2 amide bonds. The minimum Gasteiger partial charge on any atom is -0.387 e. The molecule has 0 aliphatic carbocycles. The number of likely N-dealkylation sites (N-methyl/N-ethyl adjacent to an activating group) is 1. The van der Waals surface area contributed by atoms with Crippen LogP contribution in [0.1, 0.15) is 54.4 Å². The average Bonchev–Trinajstić information content (AvgIpc) is 2.89. The van der Waals surface area contributed by atoms with Gasteiger partial charge in [0, 0.05) is 50.3 Å². The number of hydrogen-bond donors (Lipinski definition) is 2. The Kier molecular flexibility index (Phi) is 8.97. The third-order valence-electron chi connectivity index (χ3n) is 6.80. The van der Waals surface area contributed by atoms with Crippen molar-refractivity contribution >= 4 is 17.4 Å². The highest BCUT2D eigenvalue weighted by Crippen LogP contribution is 2.32. The minimum absolute atomic E-state index is 0.136. The predicted octanol–water partition coefficient (Wildman–Crippen LogP) is 5.69. The Morgan fingerprint density at radius 3 is 2.49 bits per heavy atom. The lowest BCUT2D eigenvalue weighted by atomic mass is 9.88. The third kappa shape index (κ3) is 6.89. The summed E-state index contributed by atoms with van der Waals surface area (Å²) < 4.78 is 0. The maximum absolute atomic E-state index is 12.7. The number of nitrogens with one attached hydrogen (secondary N) is 2. The Labute approximate surface area is 209 Å². The molecule has 0 saturated carbocycles. The van der Waals surface area contributed by atoms with Crippen LogP contribution in [0.25, 0.3) is 5.70 Å². The van der Waals surface area contributed by atoms with Gasteiger partial charge in [0.15, 0.2) is 0 Å². The molecule has 0 unspecified atom stereocenters. The van der Waals surface area contributed by atoms with Crippen LogP contribution in [0.15, 0.2) is 61.3 Å². The van der Waals surface area contributed by atoms with Gasteiger partial charge in [-0.25, -0.2) is 4.79 Å². The summed E-state index contributed by atoms with van der Waals surface area (Å²) in [6.07, 6.45) is 2.96. The highest BCUT2D eigenvalue weighted by atomic mass is 16.2. The van der Waals surface area contributed by atoms with Crippen LogP contribution in [0.2, 0.25) is 0 Å². The second kappa shape index (κ2) is 12.1. The zero-order valence-corrected chi connectivity index (χ0v) is 21.2. The molecule has 35 heavy (non-hydrogen) atoms. The molecule has 1 fully saturated rings. The van der Waals surface area contributed by atoms with E-state index in [1.165, 1.54) is 5.56 Å². The normalized spacial score (nSPS) is 13.6. The molecule has 0 radical (unpaired) electrons. The molecular formula is C29H37N5O. The van der Waals surface area contributed by atoms with Gasteiger partial charge in [-0.05, 0) is 67.0 Å². The molecule has 0 aromatic heterocycles. The number of aryl methyl sites for hydroxylation is 1. The molecule has 1 aliphatic rings. The van der Waals surface area contributed by atoms with Crippen molar-refractivity contribution in [3.8, 4) is 6.07 Å². The Morgan fingerprint density at radius 2 is 1.86 bits per heavy atom. The van der Waals surface area contributed by atoms with Gasteiger partial charge in [-0.15, -0.1) is 0 Å². The summed E-state index contributed by atoms with van der Waals surface area (Å²) in [5.74, 6) is 0.499. The van der Waals surface area contributed by atoms with Gasteiger partial charge in [0.05, 0.1) is 11.6 Å². The van der Waals surface area contributed by atoms with E-state index in [2.05, 4.69) is 53.0 Å². The number of amides is 2. The van der Waals surface area contributed by atoms with Gasteiger partial charge in [0.2, 0.25) is 0 Å². The van der Waals surface area contributed by atoms with Gasteiger partial charge in [-0.3, -0.25) is 0 Å². The lowest BCUT2D eigenvalue weighted by Gasteiger charge is -2.35. The standard InChI is InChI=1S/C29H37N5O/c1-6-22(3)31-15-18-33(5)29(35)32-28-19-27(10-7-21(28)2)23(4)34-16-13-26(14-17-34)25-11-8-24(20-30)9-12-25/h7-12,19,26,31H,3-4,6,13-18H2,1-2,5H3,(H,32,35). The lowest BCUT2D eigenvalue weighted by molar-refractivity contribution is 0.223. The summed E-state index contributed by atoms with van der Waals surface area (Å²) in [7, 11) is 1.79. The van der Waals surface area contributed by atoms with Gasteiger partial charge in [-0.2, -0.15) is 5.26 Å². The van der Waals surface area contributed by atoms with E-state index in [4.69, 9.17) is 5.26 Å². The van der Waals surface area contributed by atoms with Crippen molar-refractivity contribution in [2.45, 2.75) is 39.0 Å². The number of hydrogen-bond acceptors (Lipinski definition) is 4. The average molecular weight is 472 g/mol. The summed E-state index contributed by atoms with van der Waals surface area (Å²) in [6.45, 7) is 15.5. The first-order chi connectivity index (χ1) is 16.8. The highest BCUT2D eigenvalue weighted by Gasteiger charge is 2.22. The quantitative estimate of drug-likeness (QED) is 0.493. The second-order valence-corrected chi connectivity index (χ2v) is 9.21. The zero-order valence-electron chi connectivity index (χ0n) is 21.2. The van der Waals surface area contributed by atoms with Crippen LogP contribution in [0.3, 0.4) is 0 Å². The van der Waals surface area contributed by atoms with E-state index in [1.54, 1.807) is 11.9 Å². The summed E-state index contributed by atoms with van der Waals surface area (Å²) in [5, 5.41) is 15.3. The van der Waals surface area contributed by atoms with Crippen molar-refractivity contribution in [1.82, 2.24) is 15.1 Å². The van der Waals surface area contributed by atoms with Gasteiger partial charge in [0.25, 0.3) is 0 Å². The van der Waals surface area contributed by atoms with Crippen molar-refractivity contribution in [3.05, 3.63) is 83.6 Å². The Hall–Kier alpha value is -3.72. The smallest absolute Gasteiger partial charge is 0.321 e. The molecule has 1 heterocycles. The molecule has 3 rings (SSSR count). The molecule has 0 bridgehead atoms. The van der Waals surface area contributed by atoms with E-state index in [0.29, 0.717) is 24.6 Å². The maximum atomic E-state index is 12.7. The summed E-state index contributed by atoms with van der Waals surface area (Å²) in [4.78, 5) is 16.7. The molecule has 184 valence electrons. The minimum atomic E-state index is -0.136. The summed E-state index contributed by atoms with van der Waals surface area (Å²) in [6, 6.07) is 16.1. The first-order valence-electron chi connectivity index (χ1n) is 12.3. The number of likely N-dealkylation sites (tertiary alicyclic amines) is 1. The number of piperidine rings is 1. The second-order valence-electron chi connectivity index (χ2n) is 9.21. The summed E-state index contributed by atoms with van der Waals surface area (Å²) in [5.41, 5.74) is 6.79. The maximum Gasteiger partial charge on any atom is 0.321 e. The van der Waals surface area contributed by atoms with Crippen LogP contribution >= 0.6 is 0 Å². The van der Waals surface area contributed by atoms with Crippen molar-refractivity contribution in [2.24, 2.45) is 0 Å². The number of rotatable bonds is 9. The van der Waals surface area contributed by atoms with Gasteiger partial charge in [0.1, 0.15) is 0 Å². The molecule has 0 atom stereocenters. The topological polar surface area (TPSA) is 71.4 Å². The number of anilines is 1. The number of benzene rings is 2. The molecule has 1 saturated heterocycles. The third-order valence-corrected chi connectivity index (χ3v) is 6.80. The lowest BCUT2D eigenvalue weighted by Crippen LogP contribution is -2.36. The SMILES string of the molecule is C=C(CC)NCCN(C)C(=O)Nc1cc(C(=C)N2CCC(c3ccc(C#N)cc3)CC2)ccc1C. The fourth-order valence-electron chi connectivity index (χ4n) is 4.27. The van der Waals surface area contributed by atoms with E-state index in [9.17, 15) is 4.79 Å². The molecule has 0 spiro atoms. The zero-order chi connectivity index (χ0) is 25.4.